The first-order chi connectivity index (χ1) is 5.77. The van der Waals surface area contributed by atoms with Crippen LogP contribution in [0.15, 0.2) is 30.6 Å². The highest BCUT2D eigenvalue weighted by molar-refractivity contribution is 5.53. The normalized spacial score (nSPS) is 14.7. The van der Waals surface area contributed by atoms with E-state index in [2.05, 4.69) is 36.0 Å². The van der Waals surface area contributed by atoms with Crippen molar-refractivity contribution >= 4 is 5.82 Å². The Morgan fingerprint density at radius 2 is 2.17 bits per heavy atom. The van der Waals surface area contributed by atoms with Crippen molar-refractivity contribution in [2.45, 2.75) is 13.8 Å². The van der Waals surface area contributed by atoms with E-state index >= 15 is 0 Å². The molecule has 2 rings (SSSR count). The molecule has 0 aliphatic carbocycles. The summed E-state index contributed by atoms with van der Waals surface area (Å²) >= 11 is 0. The molecular weight excluding hydrogens is 148 g/mol. The van der Waals surface area contributed by atoms with Crippen molar-refractivity contribution in [3.63, 3.8) is 0 Å². The van der Waals surface area contributed by atoms with Gasteiger partial charge in [0.25, 0.3) is 0 Å². The average molecular weight is 159 g/mol. The third kappa shape index (κ3) is 1.05. The third-order valence-electron chi connectivity index (χ3n) is 1.93. The lowest BCUT2D eigenvalue weighted by molar-refractivity contribution is 0.960. The highest BCUT2D eigenvalue weighted by Crippen LogP contribution is 2.14. The Hall–Kier alpha value is -1.44. The van der Waals surface area contributed by atoms with Gasteiger partial charge in [-0.2, -0.15) is 0 Å². The Bertz CT molecular complexity index is 356. The van der Waals surface area contributed by atoms with E-state index in [9.17, 15) is 0 Å². The SMILES string of the molecule is Cc1cc(C)n(C2=CC=C[N]2)c1. The van der Waals surface area contributed by atoms with Crippen LogP contribution in [0.25, 0.3) is 5.82 Å². The lowest BCUT2D eigenvalue weighted by Crippen LogP contribution is -2.02. The molecular formula is C10H11N2. The quantitative estimate of drug-likeness (QED) is 0.597. The number of hydrogen-bond donors (Lipinski definition) is 0. The molecule has 61 valence electrons. The van der Waals surface area contributed by atoms with E-state index in [-0.39, 0.29) is 0 Å². The van der Waals surface area contributed by atoms with Crippen molar-refractivity contribution in [2.24, 2.45) is 0 Å². The zero-order chi connectivity index (χ0) is 8.55. The molecule has 0 bridgehead atoms. The van der Waals surface area contributed by atoms with Gasteiger partial charge in [-0.3, -0.25) is 0 Å². The van der Waals surface area contributed by atoms with Crippen LogP contribution in [0.4, 0.5) is 0 Å². The van der Waals surface area contributed by atoms with E-state index in [4.69, 9.17) is 0 Å². The highest BCUT2D eigenvalue weighted by Gasteiger charge is 2.05. The topological polar surface area (TPSA) is 19.0 Å². The van der Waals surface area contributed by atoms with Crippen LogP contribution >= 0.6 is 0 Å². The van der Waals surface area contributed by atoms with Gasteiger partial charge in [-0.25, -0.2) is 5.32 Å². The van der Waals surface area contributed by atoms with Crippen LogP contribution in [-0.2, 0) is 0 Å². The van der Waals surface area contributed by atoms with Crippen molar-refractivity contribution < 1.29 is 0 Å². The van der Waals surface area contributed by atoms with Gasteiger partial charge in [0.2, 0.25) is 0 Å². The standard InChI is InChI=1S/C10H11N2/c1-8-6-9(2)12(7-8)10-4-3-5-11-10/h3-7H,1-2H3. The van der Waals surface area contributed by atoms with Crippen LogP contribution in [0.1, 0.15) is 11.3 Å². The van der Waals surface area contributed by atoms with Crippen LogP contribution in [-0.4, -0.2) is 4.57 Å². The van der Waals surface area contributed by atoms with Crippen molar-refractivity contribution in [3.05, 3.63) is 41.9 Å². The Labute approximate surface area is 72.2 Å². The molecule has 0 spiro atoms. The second-order valence-electron chi connectivity index (χ2n) is 3.02. The van der Waals surface area contributed by atoms with Crippen LogP contribution in [0.5, 0.6) is 0 Å². The molecule has 1 aromatic heterocycles. The molecule has 1 radical (unpaired) electrons. The predicted molar refractivity (Wildman–Crippen MR) is 49.5 cm³/mol. The zero-order valence-electron chi connectivity index (χ0n) is 7.28. The van der Waals surface area contributed by atoms with Gasteiger partial charge in [-0.05, 0) is 37.6 Å². The Balaban J connectivity index is 2.40. The van der Waals surface area contributed by atoms with Gasteiger partial charge < -0.3 is 4.57 Å². The molecule has 2 heterocycles. The molecule has 0 atom stereocenters. The molecule has 0 unspecified atom stereocenters. The smallest absolute Gasteiger partial charge is 0.136 e. The van der Waals surface area contributed by atoms with Crippen molar-refractivity contribution in [1.82, 2.24) is 9.88 Å². The second-order valence-corrected chi connectivity index (χ2v) is 3.02. The first kappa shape index (κ1) is 7.22. The molecule has 0 aromatic carbocycles. The molecule has 12 heavy (non-hydrogen) atoms. The monoisotopic (exact) mass is 159 g/mol. The molecule has 1 aromatic rings. The molecule has 0 saturated carbocycles. The van der Waals surface area contributed by atoms with Crippen molar-refractivity contribution in [3.8, 4) is 0 Å². The minimum atomic E-state index is 1.00. The summed E-state index contributed by atoms with van der Waals surface area (Å²) in [5.74, 6) is 1.00. The summed E-state index contributed by atoms with van der Waals surface area (Å²) in [5, 5.41) is 4.22. The van der Waals surface area contributed by atoms with Crippen LogP contribution in [0.3, 0.4) is 0 Å². The summed E-state index contributed by atoms with van der Waals surface area (Å²) in [6.45, 7) is 4.17. The summed E-state index contributed by atoms with van der Waals surface area (Å²) in [6.07, 6.45) is 7.86. The fraction of sp³-hybridized carbons (Fsp3) is 0.200. The Morgan fingerprint density at radius 1 is 1.33 bits per heavy atom. The summed E-state index contributed by atoms with van der Waals surface area (Å²) in [6, 6.07) is 2.15. The molecule has 1 aliphatic heterocycles. The first-order valence-corrected chi connectivity index (χ1v) is 4.01. The van der Waals surface area contributed by atoms with Gasteiger partial charge in [-0.15, -0.1) is 0 Å². The van der Waals surface area contributed by atoms with Crippen molar-refractivity contribution in [1.29, 1.82) is 0 Å². The number of aromatic nitrogens is 1. The Morgan fingerprint density at radius 3 is 2.67 bits per heavy atom. The van der Waals surface area contributed by atoms with Gasteiger partial charge in [0.1, 0.15) is 5.82 Å². The first-order valence-electron chi connectivity index (χ1n) is 4.01. The van der Waals surface area contributed by atoms with Crippen molar-refractivity contribution in [2.75, 3.05) is 0 Å². The second kappa shape index (κ2) is 2.55. The van der Waals surface area contributed by atoms with E-state index in [0.717, 1.165) is 5.82 Å². The lowest BCUT2D eigenvalue weighted by Gasteiger charge is -2.04. The minimum Gasteiger partial charge on any atom is -0.306 e. The molecule has 0 fully saturated rings. The number of aryl methyl sites for hydroxylation is 2. The zero-order valence-corrected chi connectivity index (χ0v) is 7.28. The van der Waals surface area contributed by atoms with E-state index in [1.807, 2.05) is 18.4 Å². The third-order valence-corrected chi connectivity index (χ3v) is 1.93. The predicted octanol–water partition coefficient (Wildman–Crippen LogP) is 2.04. The lowest BCUT2D eigenvalue weighted by atomic mass is 10.4. The largest absolute Gasteiger partial charge is 0.306 e. The van der Waals surface area contributed by atoms with E-state index < -0.39 is 0 Å². The van der Waals surface area contributed by atoms with Gasteiger partial charge in [0.15, 0.2) is 0 Å². The molecule has 0 N–H and O–H groups in total. The van der Waals surface area contributed by atoms with Gasteiger partial charge in [0.05, 0.1) is 0 Å². The van der Waals surface area contributed by atoms with E-state index in [0.29, 0.717) is 0 Å². The minimum absolute atomic E-state index is 1.00. The van der Waals surface area contributed by atoms with E-state index in [1.54, 1.807) is 0 Å². The number of nitrogens with zero attached hydrogens (tertiary/aromatic N) is 2. The number of hydrogen-bond acceptors (Lipinski definition) is 0. The van der Waals surface area contributed by atoms with Gasteiger partial charge in [0, 0.05) is 18.1 Å². The Kier molecular flexibility index (Phi) is 1.54. The maximum atomic E-state index is 4.22. The van der Waals surface area contributed by atoms with Gasteiger partial charge >= 0.3 is 0 Å². The fourth-order valence-electron chi connectivity index (χ4n) is 1.42. The highest BCUT2D eigenvalue weighted by atomic mass is 15.1. The maximum Gasteiger partial charge on any atom is 0.136 e. The maximum absolute atomic E-state index is 4.22. The summed E-state index contributed by atoms with van der Waals surface area (Å²) in [7, 11) is 0. The van der Waals surface area contributed by atoms with Crippen LogP contribution < -0.4 is 5.32 Å². The number of allylic oxidation sites excluding steroid dienone is 2. The average Bonchev–Trinajstić information content (AvgIpc) is 2.58. The molecule has 0 saturated heterocycles. The van der Waals surface area contributed by atoms with Gasteiger partial charge in [-0.1, -0.05) is 0 Å². The van der Waals surface area contributed by atoms with Crippen LogP contribution in [0, 0.1) is 13.8 Å². The number of rotatable bonds is 1. The van der Waals surface area contributed by atoms with E-state index in [1.165, 1.54) is 11.3 Å². The van der Waals surface area contributed by atoms with Crippen LogP contribution in [0.2, 0.25) is 0 Å². The summed E-state index contributed by atoms with van der Waals surface area (Å²) in [4.78, 5) is 0. The molecule has 0 amide bonds. The summed E-state index contributed by atoms with van der Waals surface area (Å²) in [5.41, 5.74) is 2.50. The summed E-state index contributed by atoms with van der Waals surface area (Å²) < 4.78 is 2.09. The molecule has 2 nitrogen and oxygen atoms in total. The fourth-order valence-corrected chi connectivity index (χ4v) is 1.42. The molecule has 2 heteroatoms. The molecule has 1 aliphatic rings.